The number of hydrogen-bond donors (Lipinski definition) is 1. The number of aliphatic imine (C=N–C) groups is 1. The molecule has 2 fully saturated rings. The molecule has 0 aromatic rings. The summed E-state index contributed by atoms with van der Waals surface area (Å²) in [5.74, 6) is 0.322. The summed E-state index contributed by atoms with van der Waals surface area (Å²) in [7, 11) is 1.56. The van der Waals surface area contributed by atoms with Crippen LogP contribution in [-0.2, 0) is 0 Å². The molecule has 0 atom stereocenters. The quantitative estimate of drug-likeness (QED) is 0.790. The van der Waals surface area contributed by atoms with Gasteiger partial charge in [0.05, 0.1) is 5.70 Å². The number of amidine groups is 1. The van der Waals surface area contributed by atoms with Gasteiger partial charge in [0.15, 0.2) is 5.84 Å². The molecule has 0 aromatic heterocycles. The van der Waals surface area contributed by atoms with Crippen molar-refractivity contribution >= 4 is 17.9 Å². The molecule has 0 unspecified atom stereocenters. The molecule has 0 bridgehead atoms. The number of nitrogens with zero attached hydrogens (tertiary/aromatic N) is 4. The lowest BCUT2D eigenvalue weighted by molar-refractivity contribution is 0.172. The number of urea groups is 2. The highest BCUT2D eigenvalue weighted by molar-refractivity contribution is 6.20. The number of allylic oxidation sites excluding steroid dienone is 2. The minimum Gasteiger partial charge on any atom is -0.403 e. The van der Waals surface area contributed by atoms with Crippen LogP contribution in [0.1, 0.15) is 19.8 Å². The van der Waals surface area contributed by atoms with Crippen molar-refractivity contribution in [2.45, 2.75) is 19.8 Å². The summed E-state index contributed by atoms with van der Waals surface area (Å²) in [5.41, 5.74) is 6.41. The van der Waals surface area contributed by atoms with Crippen molar-refractivity contribution in [2.24, 2.45) is 10.7 Å². The van der Waals surface area contributed by atoms with E-state index >= 15 is 0 Å². The van der Waals surface area contributed by atoms with Crippen LogP contribution in [0.15, 0.2) is 41.3 Å². The van der Waals surface area contributed by atoms with E-state index in [0.29, 0.717) is 24.6 Å². The van der Waals surface area contributed by atoms with Crippen molar-refractivity contribution in [2.75, 3.05) is 20.1 Å². The van der Waals surface area contributed by atoms with Crippen molar-refractivity contribution in [1.29, 1.82) is 0 Å². The summed E-state index contributed by atoms with van der Waals surface area (Å²) in [4.78, 5) is 33.3. The minimum atomic E-state index is -0.458. The van der Waals surface area contributed by atoms with E-state index < -0.39 is 6.03 Å². The summed E-state index contributed by atoms with van der Waals surface area (Å²) >= 11 is 0. The Hall–Kier alpha value is -2.57. The van der Waals surface area contributed by atoms with Crippen molar-refractivity contribution in [3.63, 3.8) is 0 Å². The molecule has 7 nitrogen and oxygen atoms in total. The van der Waals surface area contributed by atoms with Crippen molar-refractivity contribution in [1.82, 2.24) is 14.7 Å². The normalized spacial score (nSPS) is 22.6. The molecule has 2 rings (SSSR count). The summed E-state index contributed by atoms with van der Waals surface area (Å²) in [6, 6.07) is -0.812. The Morgan fingerprint density at radius 1 is 1.36 bits per heavy atom. The fraction of sp³-hybridized carbons (Fsp3) is 0.400. The van der Waals surface area contributed by atoms with Crippen LogP contribution in [-0.4, -0.2) is 52.7 Å². The Kier molecular flexibility index (Phi) is 4.65. The molecule has 0 aliphatic carbocycles. The molecular weight excluding hydrogens is 282 g/mol. The van der Waals surface area contributed by atoms with Gasteiger partial charge < -0.3 is 10.6 Å². The van der Waals surface area contributed by atoms with Gasteiger partial charge in [-0.15, -0.1) is 0 Å². The van der Waals surface area contributed by atoms with E-state index in [4.69, 9.17) is 5.73 Å². The molecule has 0 radical (unpaired) electrons. The van der Waals surface area contributed by atoms with Gasteiger partial charge in [0, 0.05) is 26.3 Å². The molecule has 2 saturated heterocycles. The molecule has 7 heteroatoms. The number of imide groups is 1. The summed E-state index contributed by atoms with van der Waals surface area (Å²) in [5, 5.41) is 0. The van der Waals surface area contributed by atoms with E-state index in [1.807, 2.05) is 6.92 Å². The molecule has 118 valence electrons. The van der Waals surface area contributed by atoms with Crippen LogP contribution in [0.25, 0.3) is 0 Å². The van der Waals surface area contributed by atoms with Crippen LogP contribution in [0.2, 0.25) is 0 Å². The highest BCUT2D eigenvalue weighted by atomic mass is 16.2. The lowest BCUT2D eigenvalue weighted by Gasteiger charge is -2.21. The second-order valence-electron chi connectivity index (χ2n) is 5.13. The third-order valence-electron chi connectivity index (χ3n) is 3.60. The average molecular weight is 303 g/mol. The van der Waals surface area contributed by atoms with Crippen LogP contribution in [0.3, 0.4) is 0 Å². The van der Waals surface area contributed by atoms with E-state index in [1.54, 1.807) is 24.1 Å². The Morgan fingerprint density at radius 3 is 2.55 bits per heavy atom. The molecule has 0 aromatic carbocycles. The Bertz CT molecular complexity index is 585. The van der Waals surface area contributed by atoms with Gasteiger partial charge in [-0.3, -0.25) is 4.90 Å². The monoisotopic (exact) mass is 303 g/mol. The third-order valence-corrected chi connectivity index (χ3v) is 3.60. The molecule has 2 aliphatic rings. The minimum absolute atomic E-state index is 0.287. The maximum absolute atomic E-state index is 12.5. The predicted molar refractivity (Wildman–Crippen MR) is 84.9 cm³/mol. The van der Waals surface area contributed by atoms with Crippen LogP contribution in [0.4, 0.5) is 9.59 Å². The zero-order valence-corrected chi connectivity index (χ0v) is 13.0. The van der Waals surface area contributed by atoms with E-state index in [-0.39, 0.29) is 11.7 Å². The third kappa shape index (κ3) is 2.74. The van der Waals surface area contributed by atoms with Crippen LogP contribution in [0, 0.1) is 0 Å². The Labute approximate surface area is 130 Å². The number of nitrogens with two attached hydrogens (primary N) is 1. The number of hydrogen-bond acceptors (Lipinski definition) is 4. The van der Waals surface area contributed by atoms with Gasteiger partial charge >= 0.3 is 12.1 Å². The first-order valence-corrected chi connectivity index (χ1v) is 7.20. The van der Waals surface area contributed by atoms with Crippen molar-refractivity contribution < 1.29 is 9.59 Å². The highest BCUT2D eigenvalue weighted by Gasteiger charge is 2.43. The molecule has 2 N–H and O–H groups in total. The maximum atomic E-state index is 12.5. The first kappa shape index (κ1) is 15.8. The van der Waals surface area contributed by atoms with E-state index in [0.717, 1.165) is 17.7 Å². The van der Waals surface area contributed by atoms with Crippen molar-refractivity contribution in [3.8, 4) is 0 Å². The number of likely N-dealkylation sites (N-methyl/N-ethyl adjacent to an activating group) is 1. The zero-order valence-electron chi connectivity index (χ0n) is 13.0. The van der Waals surface area contributed by atoms with Crippen LogP contribution in [0.5, 0.6) is 0 Å². The number of carbonyl (C=O) groups excluding carboxylic acids is 2. The largest absolute Gasteiger partial charge is 0.403 e. The number of likely N-dealkylation sites (tertiary alicyclic amines) is 1. The summed E-state index contributed by atoms with van der Waals surface area (Å²) in [6.45, 7) is 6.94. The van der Waals surface area contributed by atoms with Crippen molar-refractivity contribution in [3.05, 3.63) is 36.3 Å². The molecular formula is C15H21N5O2. The topological polar surface area (TPSA) is 82.2 Å². The fourth-order valence-corrected chi connectivity index (χ4v) is 2.50. The van der Waals surface area contributed by atoms with Crippen LogP contribution >= 0.6 is 0 Å². The summed E-state index contributed by atoms with van der Waals surface area (Å²) in [6.07, 6.45) is 6.64. The lowest BCUT2D eigenvalue weighted by atomic mass is 10.3. The van der Waals surface area contributed by atoms with Gasteiger partial charge in [0.25, 0.3) is 0 Å². The van der Waals surface area contributed by atoms with Gasteiger partial charge in [0.2, 0.25) is 0 Å². The van der Waals surface area contributed by atoms with Gasteiger partial charge in [0.1, 0.15) is 5.70 Å². The highest BCUT2D eigenvalue weighted by Crippen LogP contribution is 2.24. The molecule has 4 amide bonds. The van der Waals surface area contributed by atoms with E-state index in [2.05, 4.69) is 11.6 Å². The number of carbonyl (C=O) groups is 2. The predicted octanol–water partition coefficient (Wildman–Crippen LogP) is 1.86. The first-order chi connectivity index (χ1) is 10.5. The maximum Gasteiger partial charge on any atom is 0.338 e. The average Bonchev–Trinajstić information content (AvgIpc) is 3.09. The van der Waals surface area contributed by atoms with Gasteiger partial charge in [-0.25, -0.2) is 19.5 Å². The second-order valence-corrected chi connectivity index (χ2v) is 5.13. The Morgan fingerprint density at radius 2 is 2.00 bits per heavy atom. The molecule has 0 saturated carbocycles. The molecule has 2 heterocycles. The molecule has 2 aliphatic heterocycles. The van der Waals surface area contributed by atoms with Gasteiger partial charge in [-0.1, -0.05) is 12.7 Å². The number of rotatable bonds is 2. The summed E-state index contributed by atoms with van der Waals surface area (Å²) < 4.78 is 0. The second kappa shape index (κ2) is 6.46. The SMILES string of the molecule is C=C(/C=C/C)/N=C1\C(=C/N)N(C(=O)N2CCCC2)C(=O)N1C. The Balaban J connectivity index is 2.34. The van der Waals surface area contributed by atoms with Crippen LogP contribution < -0.4 is 5.73 Å². The van der Waals surface area contributed by atoms with E-state index in [9.17, 15) is 9.59 Å². The number of amides is 4. The smallest absolute Gasteiger partial charge is 0.338 e. The van der Waals surface area contributed by atoms with Gasteiger partial charge in [-0.2, -0.15) is 0 Å². The zero-order chi connectivity index (χ0) is 16.3. The van der Waals surface area contributed by atoms with E-state index in [1.165, 1.54) is 11.1 Å². The first-order valence-electron chi connectivity index (χ1n) is 7.20. The lowest BCUT2D eigenvalue weighted by Crippen LogP contribution is -2.43. The fourth-order valence-electron chi connectivity index (χ4n) is 2.50. The standard InChI is InChI=1S/C15H21N5O2/c1-4-7-11(2)17-13-12(10-16)20(14(21)18(13)3)15(22)19-8-5-6-9-19/h4,7,10H,2,5-6,8-9,16H2,1,3H3/b7-4+,12-10+,17-13+. The molecule has 0 spiro atoms. The van der Waals surface area contributed by atoms with Gasteiger partial charge in [-0.05, 0) is 25.8 Å². The molecule has 22 heavy (non-hydrogen) atoms.